The summed E-state index contributed by atoms with van der Waals surface area (Å²) in [6.45, 7) is 2.04. The molecule has 3 N–H and O–H groups in total. The minimum atomic E-state index is -1.25. The smallest absolute Gasteiger partial charge is 0.182 e. The number of fused-ring (bicyclic) bond motifs is 1. The average Bonchev–Trinajstić information content (AvgIpc) is 3.33. The van der Waals surface area contributed by atoms with E-state index in [-0.39, 0.29) is 0 Å². The first-order valence-electron chi connectivity index (χ1n) is 8.15. The fourth-order valence-electron chi connectivity index (χ4n) is 3.07. The zero-order chi connectivity index (χ0) is 17.2. The topological polar surface area (TPSA) is 98.8 Å². The van der Waals surface area contributed by atoms with Crippen LogP contribution in [0.1, 0.15) is 12.8 Å². The normalized spacial score (nSPS) is 15.6. The number of aromatic amines is 1. The molecule has 0 bridgehead atoms. The third kappa shape index (κ3) is 3.08. The van der Waals surface area contributed by atoms with Crippen molar-refractivity contribution in [2.24, 2.45) is 0 Å². The highest BCUT2D eigenvalue weighted by atomic mass is 32.2. The summed E-state index contributed by atoms with van der Waals surface area (Å²) in [7, 11) is 0.428. The number of hydrogen-bond acceptors (Lipinski definition) is 6. The minimum Gasteiger partial charge on any atom is -0.370 e. The Morgan fingerprint density at radius 1 is 1.20 bits per heavy atom. The predicted octanol–water partition coefficient (Wildman–Crippen LogP) is 1.94. The summed E-state index contributed by atoms with van der Waals surface area (Å²) >= 11 is 0. The van der Waals surface area contributed by atoms with Gasteiger partial charge in [-0.2, -0.15) is 0 Å². The number of anilines is 3. The lowest BCUT2D eigenvalue weighted by Gasteiger charge is -2.22. The van der Waals surface area contributed by atoms with Crippen LogP contribution in [0.15, 0.2) is 35.7 Å². The van der Waals surface area contributed by atoms with Gasteiger partial charge in [0, 0.05) is 13.1 Å². The molecule has 1 aromatic carbocycles. The van der Waals surface area contributed by atoms with E-state index in [2.05, 4.69) is 34.9 Å². The van der Waals surface area contributed by atoms with Gasteiger partial charge in [0.15, 0.2) is 11.5 Å². The van der Waals surface area contributed by atoms with Crippen molar-refractivity contribution in [1.82, 2.24) is 24.7 Å². The van der Waals surface area contributed by atoms with Crippen LogP contribution >= 0.6 is 0 Å². The lowest BCUT2D eigenvalue weighted by atomic mass is 10.2. The van der Waals surface area contributed by atoms with Crippen molar-refractivity contribution in [3.63, 3.8) is 0 Å². The van der Waals surface area contributed by atoms with Crippen LogP contribution in [0.25, 0.3) is 11.2 Å². The van der Waals surface area contributed by atoms with Gasteiger partial charge in [0.2, 0.25) is 0 Å². The molecule has 1 aliphatic heterocycles. The third-order valence-electron chi connectivity index (χ3n) is 4.29. The molecule has 1 unspecified atom stereocenters. The van der Waals surface area contributed by atoms with Crippen LogP contribution in [0.5, 0.6) is 0 Å². The largest absolute Gasteiger partial charge is 0.370 e. The number of hydrogen-bond donors (Lipinski definition) is 3. The predicted molar refractivity (Wildman–Crippen MR) is 98.3 cm³/mol. The van der Waals surface area contributed by atoms with Crippen LogP contribution in [0.4, 0.5) is 17.2 Å². The van der Waals surface area contributed by atoms with E-state index in [1.54, 1.807) is 13.4 Å². The maximum absolute atomic E-state index is 12.1. The first kappa shape index (κ1) is 16.0. The van der Waals surface area contributed by atoms with Crippen LogP contribution in [0, 0.1) is 0 Å². The van der Waals surface area contributed by atoms with Gasteiger partial charge in [-0.3, -0.25) is 0 Å². The fraction of sp³-hybridized carbons (Fsp3) is 0.312. The third-order valence-corrected chi connectivity index (χ3v) is 5.34. The Hall–Kier alpha value is -2.52. The van der Waals surface area contributed by atoms with Crippen molar-refractivity contribution in [3.8, 4) is 0 Å². The summed E-state index contributed by atoms with van der Waals surface area (Å²) in [5.41, 5.74) is 3.31. The van der Waals surface area contributed by atoms with Crippen molar-refractivity contribution >= 4 is 39.3 Å². The summed E-state index contributed by atoms with van der Waals surface area (Å²) in [6.07, 6.45) is 5.44. The van der Waals surface area contributed by atoms with Crippen LogP contribution < -0.4 is 14.9 Å². The second-order valence-electron chi connectivity index (χ2n) is 5.79. The van der Waals surface area contributed by atoms with Gasteiger partial charge in [-0.15, -0.1) is 0 Å². The number of aromatic nitrogens is 4. The molecule has 1 aliphatic rings. The monoisotopic (exact) mass is 357 g/mol. The van der Waals surface area contributed by atoms with Gasteiger partial charge < -0.3 is 15.2 Å². The quantitative estimate of drug-likeness (QED) is 0.645. The van der Waals surface area contributed by atoms with Crippen LogP contribution in [-0.2, 0) is 11.0 Å². The standard InChI is InChI=1S/C16H19N7OS/c1-17-25(24)11-4-5-13(23-6-2-3-7-23)12(8-11)22-16-14-15(19-9-18-14)20-10-21-16/h4-5,8-10,17H,2-3,6-7H2,1H3,(H2,18,19,20,21,22). The highest BCUT2D eigenvalue weighted by Gasteiger charge is 2.18. The Bertz CT molecular complexity index is 920. The van der Waals surface area contributed by atoms with Gasteiger partial charge >= 0.3 is 0 Å². The summed E-state index contributed by atoms with van der Waals surface area (Å²) in [6, 6.07) is 5.82. The van der Waals surface area contributed by atoms with Crippen molar-refractivity contribution in [2.75, 3.05) is 30.4 Å². The summed E-state index contributed by atoms with van der Waals surface area (Å²) in [5, 5.41) is 3.37. The minimum absolute atomic E-state index is 0.607. The summed E-state index contributed by atoms with van der Waals surface area (Å²) < 4.78 is 14.9. The molecular weight excluding hydrogens is 338 g/mol. The molecule has 1 saturated heterocycles. The first-order chi connectivity index (χ1) is 12.3. The molecule has 25 heavy (non-hydrogen) atoms. The van der Waals surface area contributed by atoms with E-state index in [0.29, 0.717) is 16.4 Å². The van der Waals surface area contributed by atoms with E-state index in [1.807, 2.05) is 18.2 Å². The maximum Gasteiger partial charge on any atom is 0.182 e. The highest BCUT2D eigenvalue weighted by molar-refractivity contribution is 7.83. The number of nitrogens with one attached hydrogen (secondary N) is 3. The molecule has 0 radical (unpaired) electrons. The summed E-state index contributed by atoms with van der Waals surface area (Å²) in [4.78, 5) is 18.7. The lowest BCUT2D eigenvalue weighted by molar-refractivity contribution is 0.678. The summed E-state index contributed by atoms with van der Waals surface area (Å²) in [5.74, 6) is 0.648. The second-order valence-corrected chi connectivity index (χ2v) is 7.21. The number of rotatable bonds is 5. The van der Waals surface area contributed by atoms with E-state index in [9.17, 15) is 4.21 Å². The van der Waals surface area contributed by atoms with Gasteiger partial charge in [0.25, 0.3) is 0 Å². The zero-order valence-corrected chi connectivity index (χ0v) is 14.6. The molecule has 0 spiro atoms. The number of benzene rings is 1. The molecule has 0 amide bonds. The molecule has 1 atom stereocenters. The molecule has 3 heterocycles. The van der Waals surface area contributed by atoms with Crippen molar-refractivity contribution < 1.29 is 4.21 Å². The highest BCUT2D eigenvalue weighted by Crippen LogP contribution is 2.33. The molecule has 4 rings (SSSR count). The molecule has 2 aromatic heterocycles. The van der Waals surface area contributed by atoms with Crippen molar-refractivity contribution in [2.45, 2.75) is 17.7 Å². The average molecular weight is 357 g/mol. The molecule has 0 aliphatic carbocycles. The van der Waals surface area contributed by atoms with Gasteiger partial charge in [-0.25, -0.2) is 23.9 Å². The molecule has 8 nitrogen and oxygen atoms in total. The number of H-pyrrole nitrogens is 1. The van der Waals surface area contributed by atoms with Gasteiger partial charge in [-0.05, 0) is 38.1 Å². The zero-order valence-electron chi connectivity index (χ0n) is 13.8. The Kier molecular flexibility index (Phi) is 4.33. The molecule has 0 saturated carbocycles. The molecule has 130 valence electrons. The van der Waals surface area contributed by atoms with Crippen LogP contribution in [-0.4, -0.2) is 44.3 Å². The maximum atomic E-state index is 12.1. The van der Waals surface area contributed by atoms with E-state index in [0.717, 1.165) is 30.0 Å². The lowest BCUT2D eigenvalue weighted by Crippen LogP contribution is -2.19. The molecule has 3 aromatic rings. The Morgan fingerprint density at radius 2 is 2.04 bits per heavy atom. The van der Waals surface area contributed by atoms with Crippen molar-refractivity contribution in [1.29, 1.82) is 0 Å². The van der Waals surface area contributed by atoms with Crippen LogP contribution in [0.3, 0.4) is 0 Å². The SMILES string of the molecule is CNS(=O)c1ccc(N2CCCC2)c(Nc2ncnc3nc[nH]c23)c1. The van der Waals surface area contributed by atoms with Crippen molar-refractivity contribution in [3.05, 3.63) is 30.9 Å². The molecular formula is C16H19N7OS. The van der Waals surface area contributed by atoms with E-state index in [4.69, 9.17) is 0 Å². The second kappa shape index (κ2) is 6.77. The fourth-order valence-corrected chi connectivity index (χ4v) is 3.72. The van der Waals surface area contributed by atoms with Gasteiger partial charge in [0.1, 0.15) is 22.8 Å². The van der Waals surface area contributed by atoms with Crippen LogP contribution in [0.2, 0.25) is 0 Å². The molecule has 9 heteroatoms. The number of imidazole rings is 1. The first-order valence-corrected chi connectivity index (χ1v) is 9.30. The number of nitrogens with zero attached hydrogens (tertiary/aromatic N) is 4. The molecule has 1 fully saturated rings. The van der Waals surface area contributed by atoms with Gasteiger partial charge in [0.05, 0.1) is 22.6 Å². The Balaban J connectivity index is 1.77. The Morgan fingerprint density at radius 3 is 2.84 bits per heavy atom. The Labute approximate surface area is 147 Å². The van der Waals surface area contributed by atoms with E-state index in [1.165, 1.54) is 19.2 Å². The van der Waals surface area contributed by atoms with E-state index >= 15 is 0 Å². The van der Waals surface area contributed by atoms with Gasteiger partial charge in [-0.1, -0.05) is 0 Å². The van der Waals surface area contributed by atoms with E-state index < -0.39 is 11.0 Å².